The Kier molecular flexibility index (Phi) is 4.96. The molecule has 0 aliphatic rings. The van der Waals surface area contributed by atoms with Gasteiger partial charge in [0.1, 0.15) is 0 Å². The molecule has 0 amide bonds. The first-order valence-electron chi connectivity index (χ1n) is 5.53. The zero-order chi connectivity index (χ0) is 12.9. The van der Waals surface area contributed by atoms with E-state index in [-0.39, 0.29) is 6.04 Å². The van der Waals surface area contributed by atoms with E-state index < -0.39 is 9.84 Å². The van der Waals surface area contributed by atoms with Gasteiger partial charge in [-0.25, -0.2) is 8.42 Å². The van der Waals surface area contributed by atoms with E-state index in [1.807, 2.05) is 6.07 Å². The fourth-order valence-corrected chi connectivity index (χ4v) is 2.18. The van der Waals surface area contributed by atoms with Crippen molar-refractivity contribution in [2.24, 2.45) is 0 Å². The van der Waals surface area contributed by atoms with Crippen molar-refractivity contribution >= 4 is 15.5 Å². The van der Waals surface area contributed by atoms with Crippen LogP contribution in [0.25, 0.3) is 0 Å². The third-order valence-corrected chi connectivity index (χ3v) is 3.60. The second kappa shape index (κ2) is 6.02. The lowest BCUT2D eigenvalue weighted by Gasteiger charge is -2.17. The van der Waals surface area contributed by atoms with E-state index in [1.165, 1.54) is 6.26 Å². The molecule has 0 bridgehead atoms. The zero-order valence-corrected chi connectivity index (χ0v) is 11.3. The molecule has 0 fully saturated rings. The monoisotopic (exact) mass is 257 g/mol. The van der Waals surface area contributed by atoms with Crippen LogP contribution < -0.4 is 5.32 Å². The summed E-state index contributed by atoms with van der Waals surface area (Å²) in [6.45, 7) is 2.65. The van der Waals surface area contributed by atoms with Crippen molar-refractivity contribution in [3.05, 3.63) is 24.3 Å². The Balaban J connectivity index is 2.85. The van der Waals surface area contributed by atoms with Crippen LogP contribution in [-0.2, 0) is 14.6 Å². The van der Waals surface area contributed by atoms with Gasteiger partial charge in [0.2, 0.25) is 0 Å². The molecule has 0 heterocycles. The molecule has 0 aliphatic heterocycles. The molecular weight excluding hydrogens is 238 g/mol. The van der Waals surface area contributed by atoms with Gasteiger partial charge in [-0.1, -0.05) is 13.0 Å². The summed E-state index contributed by atoms with van der Waals surface area (Å²) in [6.07, 6.45) is 2.12. The van der Waals surface area contributed by atoms with Crippen molar-refractivity contribution in [2.75, 3.05) is 25.3 Å². The fraction of sp³-hybridized carbons (Fsp3) is 0.500. The van der Waals surface area contributed by atoms with Crippen molar-refractivity contribution in [3.63, 3.8) is 0 Å². The highest BCUT2D eigenvalue weighted by molar-refractivity contribution is 7.90. The minimum absolute atomic E-state index is 0.190. The van der Waals surface area contributed by atoms with Crippen LogP contribution in [0.1, 0.15) is 13.3 Å². The topological polar surface area (TPSA) is 55.4 Å². The normalized spacial score (nSPS) is 13.4. The number of sulfone groups is 1. The largest absolute Gasteiger partial charge is 0.383 e. The van der Waals surface area contributed by atoms with E-state index in [4.69, 9.17) is 4.74 Å². The van der Waals surface area contributed by atoms with Crippen LogP contribution in [0, 0.1) is 0 Å². The van der Waals surface area contributed by atoms with Crippen LogP contribution in [-0.4, -0.2) is 34.4 Å². The number of methoxy groups -OCH3 is 1. The molecule has 1 N–H and O–H groups in total. The average molecular weight is 257 g/mol. The number of rotatable bonds is 6. The molecule has 17 heavy (non-hydrogen) atoms. The summed E-state index contributed by atoms with van der Waals surface area (Å²) in [4.78, 5) is 0.328. The fourth-order valence-electron chi connectivity index (χ4n) is 1.51. The lowest BCUT2D eigenvalue weighted by atomic mass is 10.2. The highest BCUT2D eigenvalue weighted by atomic mass is 32.2. The second-order valence-corrected chi connectivity index (χ2v) is 6.02. The SMILES string of the molecule is CCC(COC)Nc1cccc(S(C)(=O)=O)c1. The lowest BCUT2D eigenvalue weighted by molar-refractivity contribution is 0.184. The van der Waals surface area contributed by atoms with Crippen LogP contribution in [0.2, 0.25) is 0 Å². The Hall–Kier alpha value is -1.07. The molecule has 0 aromatic heterocycles. The summed E-state index contributed by atoms with van der Waals surface area (Å²) in [5, 5.41) is 3.25. The maximum atomic E-state index is 11.4. The van der Waals surface area contributed by atoms with E-state index in [0.717, 1.165) is 12.1 Å². The summed E-state index contributed by atoms with van der Waals surface area (Å²) in [7, 11) is -1.50. The first-order valence-corrected chi connectivity index (χ1v) is 7.42. The number of anilines is 1. The second-order valence-electron chi connectivity index (χ2n) is 4.00. The smallest absolute Gasteiger partial charge is 0.175 e. The van der Waals surface area contributed by atoms with Crippen LogP contribution >= 0.6 is 0 Å². The number of hydrogen-bond donors (Lipinski definition) is 1. The van der Waals surface area contributed by atoms with Gasteiger partial charge in [-0.05, 0) is 24.6 Å². The maximum absolute atomic E-state index is 11.4. The zero-order valence-electron chi connectivity index (χ0n) is 10.4. The summed E-state index contributed by atoms with van der Waals surface area (Å²) < 4.78 is 27.9. The third-order valence-electron chi connectivity index (χ3n) is 2.49. The Morgan fingerprint density at radius 3 is 2.65 bits per heavy atom. The van der Waals surface area contributed by atoms with Gasteiger partial charge in [0.15, 0.2) is 9.84 Å². The molecule has 4 nitrogen and oxygen atoms in total. The third kappa shape index (κ3) is 4.36. The molecule has 5 heteroatoms. The highest BCUT2D eigenvalue weighted by Gasteiger charge is 2.09. The summed E-state index contributed by atoms with van der Waals surface area (Å²) >= 11 is 0. The molecule has 0 spiro atoms. The van der Waals surface area contributed by atoms with Crippen LogP contribution in [0.5, 0.6) is 0 Å². The molecule has 1 unspecified atom stereocenters. The summed E-state index contributed by atoms with van der Waals surface area (Å²) in [5.41, 5.74) is 0.803. The molecule has 1 atom stereocenters. The van der Waals surface area contributed by atoms with Crippen molar-refractivity contribution < 1.29 is 13.2 Å². The van der Waals surface area contributed by atoms with Gasteiger partial charge in [0.05, 0.1) is 11.5 Å². The average Bonchev–Trinajstić information content (AvgIpc) is 2.28. The summed E-state index contributed by atoms with van der Waals surface area (Å²) in [5.74, 6) is 0. The number of ether oxygens (including phenoxy) is 1. The van der Waals surface area contributed by atoms with Gasteiger partial charge >= 0.3 is 0 Å². The highest BCUT2D eigenvalue weighted by Crippen LogP contribution is 2.16. The minimum Gasteiger partial charge on any atom is -0.383 e. The Labute approximate surface area is 103 Å². The number of nitrogens with one attached hydrogen (secondary N) is 1. The van der Waals surface area contributed by atoms with E-state index >= 15 is 0 Å². The molecule has 96 valence electrons. The lowest BCUT2D eigenvalue weighted by Crippen LogP contribution is -2.23. The van der Waals surface area contributed by atoms with Crippen molar-refractivity contribution in [2.45, 2.75) is 24.3 Å². The van der Waals surface area contributed by atoms with Gasteiger partial charge < -0.3 is 10.1 Å². The predicted molar refractivity (Wildman–Crippen MR) is 69.1 cm³/mol. The Morgan fingerprint density at radius 2 is 2.12 bits per heavy atom. The minimum atomic E-state index is -3.15. The standard InChI is InChI=1S/C12H19NO3S/c1-4-10(9-16-2)13-11-6-5-7-12(8-11)17(3,14)15/h5-8,10,13H,4,9H2,1-3H3. The first-order chi connectivity index (χ1) is 7.97. The van der Waals surface area contributed by atoms with Crippen molar-refractivity contribution in [1.82, 2.24) is 0 Å². The van der Waals surface area contributed by atoms with Gasteiger partial charge in [-0.2, -0.15) is 0 Å². The van der Waals surface area contributed by atoms with Gasteiger partial charge in [-0.3, -0.25) is 0 Å². The number of benzene rings is 1. The molecule has 1 aromatic rings. The molecule has 0 aliphatic carbocycles. The Bertz CT molecular complexity index is 457. The molecule has 0 radical (unpaired) electrons. The van der Waals surface area contributed by atoms with E-state index in [9.17, 15) is 8.42 Å². The quantitative estimate of drug-likeness (QED) is 0.846. The summed E-state index contributed by atoms with van der Waals surface area (Å²) in [6, 6.07) is 7.02. The van der Waals surface area contributed by atoms with E-state index in [0.29, 0.717) is 11.5 Å². The number of hydrogen-bond acceptors (Lipinski definition) is 4. The van der Waals surface area contributed by atoms with Gasteiger partial charge in [0, 0.05) is 25.1 Å². The van der Waals surface area contributed by atoms with Crippen LogP contribution in [0.4, 0.5) is 5.69 Å². The van der Waals surface area contributed by atoms with E-state index in [1.54, 1.807) is 25.3 Å². The molecule has 1 rings (SSSR count). The van der Waals surface area contributed by atoms with Gasteiger partial charge in [-0.15, -0.1) is 0 Å². The molecule has 1 aromatic carbocycles. The van der Waals surface area contributed by atoms with Crippen molar-refractivity contribution in [3.8, 4) is 0 Å². The molecular formula is C12H19NO3S. The maximum Gasteiger partial charge on any atom is 0.175 e. The van der Waals surface area contributed by atoms with Crippen molar-refractivity contribution in [1.29, 1.82) is 0 Å². The van der Waals surface area contributed by atoms with Gasteiger partial charge in [0.25, 0.3) is 0 Å². The predicted octanol–water partition coefficient (Wildman–Crippen LogP) is 1.93. The molecule has 0 saturated carbocycles. The van der Waals surface area contributed by atoms with E-state index in [2.05, 4.69) is 12.2 Å². The molecule has 0 saturated heterocycles. The first kappa shape index (κ1) is 14.0. The van der Waals surface area contributed by atoms with Crippen LogP contribution in [0.3, 0.4) is 0 Å². The van der Waals surface area contributed by atoms with Crippen LogP contribution in [0.15, 0.2) is 29.2 Å². The Morgan fingerprint density at radius 1 is 1.41 bits per heavy atom.